The van der Waals surface area contributed by atoms with Crippen LogP contribution in [0.4, 0.5) is 0 Å². The number of H-pyrrole nitrogens is 1. The maximum atomic E-state index is 4.77. The highest BCUT2D eigenvalue weighted by Crippen LogP contribution is 2.56. The maximum absolute atomic E-state index is 4.77. The number of aryl methyl sites for hydroxylation is 1. The Morgan fingerprint density at radius 2 is 1.83 bits per heavy atom. The molecule has 0 saturated heterocycles. The van der Waals surface area contributed by atoms with Crippen LogP contribution in [0.15, 0.2) is 65.8 Å². The van der Waals surface area contributed by atoms with E-state index in [4.69, 9.17) is 5.10 Å². The lowest BCUT2D eigenvalue weighted by Gasteiger charge is -2.27. The van der Waals surface area contributed by atoms with Gasteiger partial charge < -0.3 is 4.98 Å². The van der Waals surface area contributed by atoms with E-state index in [-0.39, 0.29) is 0 Å². The van der Waals surface area contributed by atoms with E-state index in [0.717, 1.165) is 11.4 Å². The molecule has 4 aromatic rings. The van der Waals surface area contributed by atoms with E-state index in [9.17, 15) is 0 Å². The first-order chi connectivity index (χ1) is 11.3. The van der Waals surface area contributed by atoms with E-state index in [2.05, 4.69) is 71.3 Å². The van der Waals surface area contributed by atoms with Crippen LogP contribution < -0.4 is 0 Å². The third-order valence-electron chi connectivity index (χ3n) is 4.46. The summed E-state index contributed by atoms with van der Waals surface area (Å²) in [6.07, 6.45) is 2.14. The molecule has 0 bridgehead atoms. The highest BCUT2D eigenvalue weighted by atomic mass is 32.2. The van der Waals surface area contributed by atoms with Gasteiger partial charge in [0.15, 0.2) is 0 Å². The van der Waals surface area contributed by atoms with Crippen LogP contribution in [0.1, 0.15) is 22.1 Å². The van der Waals surface area contributed by atoms with Crippen LogP contribution in [0.3, 0.4) is 0 Å². The molecule has 2 aromatic heterocycles. The highest BCUT2D eigenvalue weighted by Gasteiger charge is 2.37. The van der Waals surface area contributed by atoms with Gasteiger partial charge in [-0.05, 0) is 30.7 Å². The van der Waals surface area contributed by atoms with Gasteiger partial charge in [-0.15, -0.1) is 0 Å². The largest absolute Gasteiger partial charge is 0.361 e. The molecule has 0 aliphatic carbocycles. The summed E-state index contributed by atoms with van der Waals surface area (Å²) >= 11 is 1.89. The SMILES string of the molecule is Cc1nn(-c2ccccc2)c2c1C(c1c[nH]c3ccccc13)S2. The van der Waals surface area contributed by atoms with Gasteiger partial charge in [0.25, 0.3) is 0 Å². The molecule has 0 fully saturated rings. The molecule has 2 aromatic carbocycles. The zero-order valence-corrected chi connectivity index (χ0v) is 13.5. The number of thioether (sulfide) groups is 1. The van der Waals surface area contributed by atoms with Gasteiger partial charge in [0, 0.05) is 22.7 Å². The monoisotopic (exact) mass is 317 g/mol. The fourth-order valence-corrected chi connectivity index (χ4v) is 4.72. The molecular formula is C19H15N3S. The Morgan fingerprint density at radius 3 is 2.70 bits per heavy atom. The minimum Gasteiger partial charge on any atom is -0.361 e. The number of hydrogen-bond acceptors (Lipinski definition) is 2. The standard InChI is InChI=1S/C19H15N3S/c1-12-17-18(15-11-20-16-10-6-5-9-14(15)16)23-19(17)22(21-12)13-7-3-2-4-8-13/h2-11,18,20H,1H3. The van der Waals surface area contributed by atoms with Gasteiger partial charge in [0.2, 0.25) is 0 Å². The molecule has 0 saturated carbocycles. The Kier molecular flexibility index (Phi) is 2.70. The molecule has 23 heavy (non-hydrogen) atoms. The number of para-hydroxylation sites is 2. The van der Waals surface area contributed by atoms with Crippen molar-refractivity contribution in [1.29, 1.82) is 0 Å². The maximum Gasteiger partial charge on any atom is 0.106 e. The minimum absolute atomic E-state index is 0.374. The topological polar surface area (TPSA) is 33.6 Å². The molecule has 1 unspecified atom stereocenters. The third kappa shape index (κ3) is 1.82. The van der Waals surface area contributed by atoms with E-state index < -0.39 is 0 Å². The lowest BCUT2D eigenvalue weighted by Crippen LogP contribution is -2.10. The molecule has 0 amide bonds. The lowest BCUT2D eigenvalue weighted by molar-refractivity contribution is 0.778. The Hall–Kier alpha value is -2.46. The molecule has 0 spiro atoms. The summed E-state index contributed by atoms with van der Waals surface area (Å²) in [7, 11) is 0. The molecule has 5 rings (SSSR count). The molecule has 3 heterocycles. The van der Waals surface area contributed by atoms with Gasteiger partial charge in [-0.1, -0.05) is 48.2 Å². The van der Waals surface area contributed by atoms with Crippen LogP contribution in [-0.2, 0) is 0 Å². The number of aromatic nitrogens is 3. The highest BCUT2D eigenvalue weighted by molar-refractivity contribution is 8.01. The fourth-order valence-electron chi connectivity index (χ4n) is 3.32. The quantitative estimate of drug-likeness (QED) is 0.573. The van der Waals surface area contributed by atoms with Gasteiger partial charge in [-0.25, -0.2) is 4.68 Å². The number of nitrogens with one attached hydrogen (secondary N) is 1. The smallest absolute Gasteiger partial charge is 0.106 e. The molecule has 1 aliphatic rings. The number of nitrogens with zero attached hydrogens (tertiary/aromatic N) is 2. The van der Waals surface area contributed by atoms with Crippen LogP contribution in [0, 0.1) is 6.92 Å². The number of rotatable bonds is 2. The molecule has 3 nitrogen and oxygen atoms in total. The summed E-state index contributed by atoms with van der Waals surface area (Å²) in [5, 5.41) is 7.72. The van der Waals surface area contributed by atoms with Gasteiger partial charge in [-0.3, -0.25) is 0 Å². The van der Waals surface area contributed by atoms with Crippen molar-refractivity contribution in [2.24, 2.45) is 0 Å². The molecule has 0 radical (unpaired) electrons. The van der Waals surface area contributed by atoms with E-state index in [1.165, 1.54) is 27.1 Å². The Labute approximate surface area is 138 Å². The summed E-state index contributed by atoms with van der Waals surface area (Å²) < 4.78 is 2.07. The van der Waals surface area contributed by atoms with Crippen LogP contribution >= 0.6 is 11.8 Å². The van der Waals surface area contributed by atoms with Gasteiger partial charge in [0.05, 0.1) is 16.6 Å². The van der Waals surface area contributed by atoms with Crippen molar-refractivity contribution in [2.75, 3.05) is 0 Å². The van der Waals surface area contributed by atoms with E-state index in [1.54, 1.807) is 0 Å². The number of hydrogen-bond donors (Lipinski definition) is 1. The van der Waals surface area contributed by atoms with Crippen molar-refractivity contribution in [3.8, 4) is 5.69 Å². The summed E-state index contributed by atoms with van der Waals surface area (Å²) in [6, 6.07) is 18.8. The Bertz CT molecular complexity index is 1010. The third-order valence-corrected chi connectivity index (χ3v) is 5.80. The first-order valence-corrected chi connectivity index (χ1v) is 8.58. The van der Waals surface area contributed by atoms with Crippen molar-refractivity contribution in [3.05, 3.63) is 77.6 Å². The molecule has 112 valence electrons. The Morgan fingerprint density at radius 1 is 1.04 bits per heavy atom. The molecular weight excluding hydrogens is 302 g/mol. The number of aromatic amines is 1. The summed E-state index contributed by atoms with van der Waals surface area (Å²) in [5.41, 5.74) is 6.17. The van der Waals surface area contributed by atoms with E-state index in [1.807, 2.05) is 17.8 Å². The van der Waals surface area contributed by atoms with Crippen LogP contribution in [0.2, 0.25) is 0 Å². The van der Waals surface area contributed by atoms with Gasteiger partial charge in [0.1, 0.15) is 5.03 Å². The zero-order valence-electron chi connectivity index (χ0n) is 12.7. The second-order valence-electron chi connectivity index (χ2n) is 5.84. The van der Waals surface area contributed by atoms with Crippen LogP contribution in [-0.4, -0.2) is 14.8 Å². The first-order valence-electron chi connectivity index (χ1n) is 7.70. The average molecular weight is 317 g/mol. The zero-order chi connectivity index (χ0) is 15.4. The molecule has 4 heteroatoms. The number of benzene rings is 2. The summed E-state index contributed by atoms with van der Waals surface area (Å²) in [6.45, 7) is 2.11. The van der Waals surface area contributed by atoms with Crippen molar-refractivity contribution >= 4 is 22.7 Å². The molecule has 1 N–H and O–H groups in total. The molecule has 1 aliphatic heterocycles. The fraction of sp³-hybridized carbons (Fsp3) is 0.105. The van der Waals surface area contributed by atoms with Crippen LogP contribution in [0.5, 0.6) is 0 Å². The average Bonchev–Trinajstić information content (AvgIpc) is 3.08. The minimum atomic E-state index is 0.374. The molecule has 1 atom stereocenters. The summed E-state index contributed by atoms with van der Waals surface area (Å²) in [4.78, 5) is 3.39. The van der Waals surface area contributed by atoms with Gasteiger partial charge >= 0.3 is 0 Å². The Balaban J connectivity index is 1.62. The van der Waals surface area contributed by atoms with Gasteiger partial charge in [-0.2, -0.15) is 5.10 Å². The van der Waals surface area contributed by atoms with Crippen LogP contribution in [0.25, 0.3) is 16.6 Å². The van der Waals surface area contributed by atoms with E-state index >= 15 is 0 Å². The lowest BCUT2D eigenvalue weighted by atomic mass is 10.0. The van der Waals surface area contributed by atoms with Crippen molar-refractivity contribution in [2.45, 2.75) is 17.2 Å². The van der Waals surface area contributed by atoms with E-state index in [0.29, 0.717) is 5.25 Å². The van der Waals surface area contributed by atoms with Crippen molar-refractivity contribution < 1.29 is 0 Å². The predicted octanol–water partition coefficient (Wildman–Crippen LogP) is 4.86. The first kappa shape index (κ1) is 13.0. The second kappa shape index (κ2) is 4.77. The van der Waals surface area contributed by atoms with Crippen molar-refractivity contribution in [1.82, 2.24) is 14.8 Å². The normalized spacial score (nSPS) is 16.3. The van der Waals surface area contributed by atoms with Crippen molar-refractivity contribution in [3.63, 3.8) is 0 Å². The number of fused-ring (bicyclic) bond motifs is 2. The predicted molar refractivity (Wildman–Crippen MR) is 94.3 cm³/mol. The summed E-state index contributed by atoms with van der Waals surface area (Å²) in [5.74, 6) is 0. The second-order valence-corrected chi connectivity index (χ2v) is 6.93.